The van der Waals surface area contributed by atoms with Crippen LogP contribution < -0.4 is 14.2 Å². The van der Waals surface area contributed by atoms with Crippen LogP contribution in [-0.4, -0.2) is 40.2 Å². The van der Waals surface area contributed by atoms with Crippen LogP contribution in [0.5, 0.6) is 17.2 Å². The Balaban J connectivity index is 3.23. The Kier molecular flexibility index (Phi) is 5.06. The third-order valence-electron chi connectivity index (χ3n) is 2.41. The first-order valence-corrected chi connectivity index (χ1v) is 5.14. The molecule has 1 rings (SSSR count). The van der Waals surface area contributed by atoms with Crippen molar-refractivity contribution in [3.05, 3.63) is 17.7 Å². The number of rotatable bonds is 6. The molecule has 0 spiro atoms. The Morgan fingerprint density at radius 1 is 1.00 bits per heavy atom. The Morgan fingerprint density at radius 3 is 1.88 bits per heavy atom. The van der Waals surface area contributed by atoms with Crippen molar-refractivity contribution in [1.82, 2.24) is 0 Å². The minimum absolute atomic E-state index is 0.166. The van der Waals surface area contributed by atoms with E-state index in [2.05, 4.69) is 0 Å². The fraction of sp³-hybridized carbons (Fsp3) is 0.500. The van der Waals surface area contributed by atoms with Gasteiger partial charge < -0.3 is 24.1 Å². The van der Waals surface area contributed by atoms with Gasteiger partial charge in [-0.3, -0.25) is 0 Å². The molecule has 0 fully saturated rings. The summed E-state index contributed by atoms with van der Waals surface area (Å²) >= 11 is 0. The highest BCUT2D eigenvalue weighted by Crippen LogP contribution is 2.38. The molecule has 0 aliphatic rings. The van der Waals surface area contributed by atoms with E-state index in [1.165, 1.54) is 21.3 Å². The van der Waals surface area contributed by atoms with Crippen LogP contribution in [0.25, 0.3) is 0 Å². The highest BCUT2D eigenvalue weighted by Gasteiger charge is 2.20. The second-order valence-corrected chi connectivity index (χ2v) is 3.42. The van der Waals surface area contributed by atoms with Crippen LogP contribution in [0, 0.1) is 0 Å². The zero-order chi connectivity index (χ0) is 12.8. The molecular weight excluding hydrogens is 224 g/mol. The summed E-state index contributed by atoms with van der Waals surface area (Å²) < 4.78 is 20.5. The molecule has 96 valence electrons. The number of methoxy groups -OCH3 is 4. The Hall–Kier alpha value is -1.46. The maximum atomic E-state index is 9.98. The summed E-state index contributed by atoms with van der Waals surface area (Å²) in [6.07, 6.45) is -0.809. The van der Waals surface area contributed by atoms with E-state index >= 15 is 0 Å². The van der Waals surface area contributed by atoms with Crippen LogP contribution in [0.15, 0.2) is 12.1 Å². The number of benzene rings is 1. The number of aliphatic hydroxyl groups is 1. The molecule has 5 nitrogen and oxygen atoms in total. The summed E-state index contributed by atoms with van der Waals surface area (Å²) in [4.78, 5) is 0. The minimum atomic E-state index is -0.809. The molecular formula is C12H18O5. The number of ether oxygens (including phenoxy) is 4. The molecule has 1 unspecified atom stereocenters. The average molecular weight is 242 g/mol. The first-order chi connectivity index (χ1) is 8.17. The van der Waals surface area contributed by atoms with Crippen molar-refractivity contribution in [3.8, 4) is 17.2 Å². The van der Waals surface area contributed by atoms with E-state index in [1.807, 2.05) is 0 Å². The predicted molar refractivity (Wildman–Crippen MR) is 62.9 cm³/mol. The summed E-state index contributed by atoms with van der Waals surface area (Å²) in [6, 6.07) is 3.38. The van der Waals surface area contributed by atoms with Gasteiger partial charge in [0.1, 0.15) is 23.4 Å². The largest absolute Gasteiger partial charge is 0.496 e. The van der Waals surface area contributed by atoms with E-state index in [0.29, 0.717) is 22.8 Å². The summed E-state index contributed by atoms with van der Waals surface area (Å²) in [6.45, 7) is 0.166. The van der Waals surface area contributed by atoms with Crippen molar-refractivity contribution in [2.45, 2.75) is 6.10 Å². The molecule has 0 saturated heterocycles. The van der Waals surface area contributed by atoms with Gasteiger partial charge in [-0.25, -0.2) is 0 Å². The van der Waals surface area contributed by atoms with Crippen molar-refractivity contribution in [1.29, 1.82) is 0 Å². The van der Waals surface area contributed by atoms with Crippen LogP contribution in [0.4, 0.5) is 0 Å². The van der Waals surface area contributed by atoms with Crippen LogP contribution in [-0.2, 0) is 4.74 Å². The maximum absolute atomic E-state index is 9.98. The molecule has 0 saturated carbocycles. The zero-order valence-electron chi connectivity index (χ0n) is 10.5. The Morgan fingerprint density at radius 2 is 1.53 bits per heavy atom. The fourth-order valence-electron chi connectivity index (χ4n) is 1.60. The van der Waals surface area contributed by atoms with Crippen molar-refractivity contribution < 1.29 is 24.1 Å². The molecule has 1 N–H and O–H groups in total. The maximum Gasteiger partial charge on any atom is 0.132 e. The minimum Gasteiger partial charge on any atom is -0.496 e. The molecule has 0 heterocycles. The van der Waals surface area contributed by atoms with Gasteiger partial charge in [0.05, 0.1) is 33.5 Å². The molecule has 1 aromatic carbocycles. The third kappa shape index (κ3) is 3.01. The van der Waals surface area contributed by atoms with Gasteiger partial charge in [-0.15, -0.1) is 0 Å². The van der Waals surface area contributed by atoms with Crippen LogP contribution >= 0.6 is 0 Å². The van der Waals surface area contributed by atoms with E-state index in [9.17, 15) is 5.11 Å². The van der Waals surface area contributed by atoms with E-state index in [1.54, 1.807) is 19.2 Å². The first kappa shape index (κ1) is 13.6. The molecule has 0 aliphatic carbocycles. The van der Waals surface area contributed by atoms with Crippen molar-refractivity contribution in [2.24, 2.45) is 0 Å². The fourth-order valence-corrected chi connectivity index (χ4v) is 1.60. The summed E-state index contributed by atoms with van der Waals surface area (Å²) in [5.41, 5.74) is 0.553. The molecule has 0 aromatic heterocycles. The summed E-state index contributed by atoms with van der Waals surface area (Å²) in [5, 5.41) is 9.98. The van der Waals surface area contributed by atoms with E-state index in [0.717, 1.165) is 0 Å². The summed E-state index contributed by atoms with van der Waals surface area (Å²) in [5.74, 6) is 1.61. The summed E-state index contributed by atoms with van der Waals surface area (Å²) in [7, 11) is 6.12. The highest BCUT2D eigenvalue weighted by molar-refractivity contribution is 5.51. The normalized spacial score (nSPS) is 12.1. The number of hydrogen-bond acceptors (Lipinski definition) is 5. The molecule has 5 heteroatoms. The van der Waals surface area contributed by atoms with Gasteiger partial charge >= 0.3 is 0 Å². The Bertz CT molecular complexity index is 339. The highest BCUT2D eigenvalue weighted by atomic mass is 16.5. The van der Waals surface area contributed by atoms with Crippen LogP contribution in [0.3, 0.4) is 0 Å². The van der Waals surface area contributed by atoms with Gasteiger partial charge in [-0.2, -0.15) is 0 Å². The average Bonchev–Trinajstić information content (AvgIpc) is 2.37. The lowest BCUT2D eigenvalue weighted by Crippen LogP contribution is -2.09. The Labute approximate surface area is 101 Å². The lowest BCUT2D eigenvalue weighted by molar-refractivity contribution is 0.0610. The molecule has 1 atom stereocenters. The first-order valence-electron chi connectivity index (χ1n) is 5.14. The second-order valence-electron chi connectivity index (χ2n) is 3.42. The lowest BCUT2D eigenvalue weighted by Gasteiger charge is -2.18. The van der Waals surface area contributed by atoms with Crippen molar-refractivity contribution in [2.75, 3.05) is 35.0 Å². The van der Waals surface area contributed by atoms with Crippen molar-refractivity contribution in [3.63, 3.8) is 0 Å². The zero-order valence-corrected chi connectivity index (χ0v) is 10.5. The number of aliphatic hydroxyl groups excluding tert-OH is 1. The van der Waals surface area contributed by atoms with Gasteiger partial charge in [0.25, 0.3) is 0 Å². The molecule has 1 aromatic rings. The third-order valence-corrected chi connectivity index (χ3v) is 2.41. The van der Waals surface area contributed by atoms with Gasteiger partial charge in [0.2, 0.25) is 0 Å². The van der Waals surface area contributed by atoms with Gasteiger partial charge in [-0.05, 0) is 0 Å². The van der Waals surface area contributed by atoms with Gasteiger partial charge in [0.15, 0.2) is 0 Å². The van der Waals surface area contributed by atoms with E-state index in [4.69, 9.17) is 18.9 Å². The van der Waals surface area contributed by atoms with Crippen molar-refractivity contribution >= 4 is 0 Å². The standard InChI is InChI=1S/C12H18O5/c1-14-7-9(13)12-10(16-3)5-8(15-2)6-11(12)17-4/h5-6,9,13H,7H2,1-4H3. The second kappa shape index (κ2) is 6.32. The van der Waals surface area contributed by atoms with E-state index in [-0.39, 0.29) is 6.61 Å². The monoisotopic (exact) mass is 242 g/mol. The van der Waals surface area contributed by atoms with Gasteiger partial charge in [-0.1, -0.05) is 0 Å². The predicted octanol–water partition coefficient (Wildman–Crippen LogP) is 1.39. The number of hydrogen-bond donors (Lipinski definition) is 1. The lowest BCUT2D eigenvalue weighted by atomic mass is 10.1. The van der Waals surface area contributed by atoms with Gasteiger partial charge in [0, 0.05) is 19.2 Å². The van der Waals surface area contributed by atoms with Crippen LogP contribution in [0.2, 0.25) is 0 Å². The molecule has 0 radical (unpaired) electrons. The molecule has 17 heavy (non-hydrogen) atoms. The van der Waals surface area contributed by atoms with Crippen LogP contribution in [0.1, 0.15) is 11.7 Å². The molecule has 0 bridgehead atoms. The smallest absolute Gasteiger partial charge is 0.132 e. The molecule has 0 aliphatic heterocycles. The van der Waals surface area contributed by atoms with E-state index < -0.39 is 6.10 Å². The molecule has 0 amide bonds. The quantitative estimate of drug-likeness (QED) is 0.817. The topological polar surface area (TPSA) is 57.2 Å². The SMILES string of the molecule is COCC(O)c1c(OC)cc(OC)cc1OC.